The molecule has 2 fully saturated rings. The number of fused-ring (bicyclic) bond motifs is 1. The van der Waals surface area contributed by atoms with Gasteiger partial charge in [-0.3, -0.25) is 19.6 Å². The van der Waals surface area contributed by atoms with Gasteiger partial charge in [-0.15, -0.1) is 10.2 Å². The minimum absolute atomic E-state index is 0.153. The number of piperidine rings is 1. The van der Waals surface area contributed by atoms with E-state index < -0.39 is 0 Å². The number of nitrogens with zero attached hydrogens (tertiary/aromatic N) is 7. The highest BCUT2D eigenvalue weighted by molar-refractivity contribution is 5.85. The summed E-state index contributed by atoms with van der Waals surface area (Å²) in [6.45, 7) is 6.21. The maximum atomic E-state index is 11.9. The first-order valence-corrected chi connectivity index (χ1v) is 17.9. The number of carbonyl (C=O) groups is 2. The number of amides is 2. The molecule has 1 atom stereocenters. The summed E-state index contributed by atoms with van der Waals surface area (Å²) >= 11 is 0. The fourth-order valence-corrected chi connectivity index (χ4v) is 8.26. The maximum absolute atomic E-state index is 11.9. The van der Waals surface area contributed by atoms with Crippen molar-refractivity contribution in [2.45, 2.75) is 82.5 Å². The van der Waals surface area contributed by atoms with Crippen molar-refractivity contribution in [3.8, 4) is 28.1 Å². The zero-order valence-electron chi connectivity index (χ0n) is 28.7. The summed E-state index contributed by atoms with van der Waals surface area (Å²) in [5.74, 6) is 0.271. The highest BCUT2D eigenvalue weighted by Crippen LogP contribution is 2.40. The quantitative estimate of drug-likeness (QED) is 0.196. The molecular formula is C38H47N9O3. The van der Waals surface area contributed by atoms with Crippen molar-refractivity contribution < 1.29 is 14.7 Å². The molecule has 0 radical (unpaired) electrons. The van der Waals surface area contributed by atoms with Crippen molar-refractivity contribution >= 4 is 29.5 Å². The van der Waals surface area contributed by atoms with Gasteiger partial charge < -0.3 is 25.5 Å². The molecule has 1 unspecified atom stereocenters. The molecule has 7 rings (SSSR count). The Morgan fingerprint density at radius 3 is 2.40 bits per heavy atom. The summed E-state index contributed by atoms with van der Waals surface area (Å²) in [6.07, 6.45) is 12.3. The number of rotatable bonds is 10. The second-order valence-electron chi connectivity index (χ2n) is 13.9. The van der Waals surface area contributed by atoms with Gasteiger partial charge in [-0.1, -0.05) is 24.3 Å². The third-order valence-electron chi connectivity index (χ3n) is 11.0. The summed E-state index contributed by atoms with van der Waals surface area (Å²) in [7, 11) is 0. The van der Waals surface area contributed by atoms with E-state index in [1.165, 1.54) is 37.1 Å². The van der Waals surface area contributed by atoms with E-state index in [1.54, 1.807) is 12.1 Å². The number of hydrogen-bond donors (Lipinski definition) is 3. The van der Waals surface area contributed by atoms with Gasteiger partial charge in [-0.05, 0) is 82.2 Å². The van der Waals surface area contributed by atoms with E-state index in [0.717, 1.165) is 50.1 Å². The molecule has 12 heteroatoms. The zero-order valence-corrected chi connectivity index (χ0v) is 28.7. The number of para-hydroxylation sites is 3. The predicted molar refractivity (Wildman–Crippen MR) is 195 cm³/mol. The fourth-order valence-electron chi connectivity index (χ4n) is 8.26. The van der Waals surface area contributed by atoms with Crippen molar-refractivity contribution in [1.29, 1.82) is 0 Å². The largest absolute Gasteiger partial charge is 0.507 e. The third kappa shape index (κ3) is 7.02. The number of carbonyl (C=O) groups excluding carboxylic acids is 2. The smallest absolute Gasteiger partial charge is 0.226 e. The van der Waals surface area contributed by atoms with Gasteiger partial charge in [-0.2, -0.15) is 5.10 Å². The lowest BCUT2D eigenvalue weighted by atomic mass is 9.87. The number of nitrogens with two attached hydrogens (primary N) is 1. The van der Waals surface area contributed by atoms with E-state index in [-0.39, 0.29) is 17.7 Å². The van der Waals surface area contributed by atoms with Crippen molar-refractivity contribution in [2.24, 2.45) is 0 Å². The molecule has 2 aromatic carbocycles. The average molecular weight is 678 g/mol. The standard InChI is InChI=1S/C38H47N9O3/c1-26(10-15-37(50)40-25-48)45-20-21-46(35-8-4-3-7-34(35)45)29-13-11-28(12-14-29)44-18-16-30(17-19-44)47-24-27(23-41-47)32-22-33(42-43-38(32)39)31-6-2-5-9-36(31)49/h2-9,22-26,28-30,49H,10-21H2,1H3,(H2,39,43)(H,40,48,50)/t26?,28-,29+. The van der Waals surface area contributed by atoms with Crippen molar-refractivity contribution in [3.05, 3.63) is 67.0 Å². The van der Waals surface area contributed by atoms with E-state index in [1.807, 2.05) is 24.4 Å². The number of phenols is 1. The lowest BCUT2D eigenvalue weighted by Crippen LogP contribution is -2.51. The zero-order chi connectivity index (χ0) is 34.6. The van der Waals surface area contributed by atoms with Gasteiger partial charge in [0.05, 0.1) is 29.3 Å². The van der Waals surface area contributed by atoms with Gasteiger partial charge in [0.15, 0.2) is 5.82 Å². The topological polar surface area (TPSA) is 146 Å². The third-order valence-corrected chi connectivity index (χ3v) is 11.0. The van der Waals surface area contributed by atoms with Crippen LogP contribution in [-0.4, -0.2) is 86.6 Å². The SMILES string of the molecule is CC(CCC(=O)NC=O)N1CCN([C@H]2CC[C@@H](N3CCC(n4cc(-c5cc(-c6ccccc6O)nnc5N)cn4)CC3)CC2)c2ccccc21. The molecule has 1 aliphatic carbocycles. The molecule has 2 aromatic heterocycles. The van der Waals surface area contributed by atoms with Gasteiger partial charge in [0, 0.05) is 73.6 Å². The number of aromatic nitrogens is 4. The highest BCUT2D eigenvalue weighted by atomic mass is 16.3. The molecule has 262 valence electrons. The molecule has 3 aliphatic rings. The minimum Gasteiger partial charge on any atom is -0.507 e. The molecule has 2 aliphatic heterocycles. The monoisotopic (exact) mass is 677 g/mol. The number of aromatic hydroxyl groups is 1. The van der Waals surface area contributed by atoms with Crippen LogP contribution in [0.4, 0.5) is 17.2 Å². The number of benzene rings is 2. The van der Waals surface area contributed by atoms with Crippen LogP contribution in [0.15, 0.2) is 67.0 Å². The second-order valence-corrected chi connectivity index (χ2v) is 13.9. The fraction of sp³-hybridized carbons (Fsp3) is 0.447. The molecule has 1 saturated carbocycles. The molecule has 12 nitrogen and oxygen atoms in total. The number of hydrogen-bond acceptors (Lipinski definition) is 10. The number of imide groups is 1. The Hall–Kier alpha value is -4.97. The molecule has 0 spiro atoms. The molecule has 4 heterocycles. The first-order valence-electron chi connectivity index (χ1n) is 17.9. The Labute approximate surface area is 293 Å². The molecule has 4 aromatic rings. The molecule has 2 amide bonds. The van der Waals surface area contributed by atoms with Gasteiger partial charge in [0.1, 0.15) is 5.75 Å². The Bertz CT molecular complexity index is 1800. The van der Waals surface area contributed by atoms with E-state index in [4.69, 9.17) is 10.8 Å². The summed E-state index contributed by atoms with van der Waals surface area (Å²) in [5, 5.41) is 25.7. The van der Waals surface area contributed by atoms with Crippen LogP contribution in [0.25, 0.3) is 22.4 Å². The molecular weight excluding hydrogens is 630 g/mol. The predicted octanol–water partition coefficient (Wildman–Crippen LogP) is 5.01. The van der Waals surface area contributed by atoms with Crippen LogP contribution in [0.1, 0.15) is 64.3 Å². The van der Waals surface area contributed by atoms with Crippen LogP contribution in [0.5, 0.6) is 5.75 Å². The summed E-state index contributed by atoms with van der Waals surface area (Å²) < 4.78 is 2.08. The van der Waals surface area contributed by atoms with Gasteiger partial charge in [0.25, 0.3) is 0 Å². The number of likely N-dealkylation sites (tertiary alicyclic amines) is 1. The lowest BCUT2D eigenvalue weighted by molar-refractivity contribution is -0.125. The van der Waals surface area contributed by atoms with Crippen molar-refractivity contribution in [2.75, 3.05) is 41.7 Å². The Balaban J connectivity index is 0.928. The van der Waals surface area contributed by atoms with Gasteiger partial charge in [0.2, 0.25) is 12.3 Å². The first-order chi connectivity index (χ1) is 24.4. The van der Waals surface area contributed by atoms with E-state index in [0.29, 0.717) is 54.5 Å². The van der Waals surface area contributed by atoms with Crippen LogP contribution in [0.3, 0.4) is 0 Å². The molecule has 0 bridgehead atoms. The summed E-state index contributed by atoms with van der Waals surface area (Å²) in [5.41, 5.74) is 11.6. The minimum atomic E-state index is -0.222. The number of nitrogens with one attached hydrogen (secondary N) is 1. The second kappa shape index (κ2) is 14.9. The average Bonchev–Trinajstić information content (AvgIpc) is 3.64. The Morgan fingerprint density at radius 2 is 1.64 bits per heavy atom. The van der Waals surface area contributed by atoms with Crippen LogP contribution in [0, 0.1) is 0 Å². The van der Waals surface area contributed by atoms with E-state index in [9.17, 15) is 14.7 Å². The summed E-state index contributed by atoms with van der Waals surface area (Å²) in [6, 6.07) is 19.3. The van der Waals surface area contributed by atoms with E-state index in [2.05, 4.69) is 72.3 Å². The molecule has 4 N–H and O–H groups in total. The van der Waals surface area contributed by atoms with E-state index >= 15 is 0 Å². The molecule has 50 heavy (non-hydrogen) atoms. The number of nitrogen functional groups attached to an aromatic ring is 1. The number of anilines is 3. The first kappa shape index (κ1) is 33.5. The lowest BCUT2D eigenvalue weighted by Gasteiger charge is -2.48. The summed E-state index contributed by atoms with van der Waals surface area (Å²) in [4.78, 5) is 30.3. The van der Waals surface area contributed by atoms with Gasteiger partial charge in [-0.25, -0.2) is 0 Å². The van der Waals surface area contributed by atoms with Crippen molar-refractivity contribution in [1.82, 2.24) is 30.2 Å². The Kier molecular flexibility index (Phi) is 9.97. The number of phenolic OH excluding ortho intramolecular Hbond substituents is 1. The van der Waals surface area contributed by atoms with Crippen LogP contribution in [-0.2, 0) is 9.59 Å². The van der Waals surface area contributed by atoms with Crippen LogP contribution >= 0.6 is 0 Å². The van der Waals surface area contributed by atoms with Crippen LogP contribution in [0.2, 0.25) is 0 Å². The van der Waals surface area contributed by atoms with Crippen LogP contribution < -0.4 is 20.9 Å². The highest BCUT2D eigenvalue weighted by Gasteiger charge is 2.35. The van der Waals surface area contributed by atoms with Crippen molar-refractivity contribution in [3.63, 3.8) is 0 Å². The molecule has 1 saturated heterocycles. The normalized spacial score (nSPS) is 20.7. The van der Waals surface area contributed by atoms with Gasteiger partial charge >= 0.3 is 0 Å². The maximum Gasteiger partial charge on any atom is 0.226 e. The Morgan fingerprint density at radius 1 is 0.920 bits per heavy atom.